The van der Waals surface area contributed by atoms with Gasteiger partial charge >= 0.3 is 42.7 Å². The highest BCUT2D eigenvalue weighted by Crippen LogP contribution is 2.46. The van der Waals surface area contributed by atoms with E-state index in [1.807, 2.05) is 0 Å². The van der Waals surface area contributed by atoms with Crippen molar-refractivity contribution in [2.45, 2.75) is 87.6 Å². The summed E-state index contributed by atoms with van der Waals surface area (Å²) in [5.74, 6) is -3.29. The fourth-order valence-electron chi connectivity index (χ4n) is 6.06. The van der Waals surface area contributed by atoms with Crippen LogP contribution in [0.5, 0.6) is 0 Å². The largest absolute Gasteiger partial charge is 0.479 e. The summed E-state index contributed by atoms with van der Waals surface area (Å²) in [6.45, 7) is -0.156. The van der Waals surface area contributed by atoms with Crippen LogP contribution in [-0.4, -0.2) is 99.9 Å². The van der Waals surface area contributed by atoms with Gasteiger partial charge in [-0.05, 0) is 60.9 Å². The lowest BCUT2D eigenvalue weighted by Gasteiger charge is -2.44. The monoisotopic (exact) mass is 806 g/mol. The van der Waals surface area contributed by atoms with E-state index in [0.29, 0.717) is 21.9 Å². The lowest BCUT2D eigenvalue weighted by atomic mass is 9.87. The number of halogens is 9. The van der Waals surface area contributed by atoms with E-state index in [0.717, 1.165) is 13.2 Å². The van der Waals surface area contributed by atoms with Crippen LogP contribution in [0, 0.1) is 0 Å². The van der Waals surface area contributed by atoms with E-state index in [-0.39, 0.29) is 24.8 Å². The summed E-state index contributed by atoms with van der Waals surface area (Å²) in [5, 5.41) is 39.6. The lowest BCUT2D eigenvalue weighted by Crippen LogP contribution is -2.60. The van der Waals surface area contributed by atoms with Crippen molar-refractivity contribution in [1.82, 2.24) is 4.90 Å². The molecule has 1 fully saturated rings. The summed E-state index contributed by atoms with van der Waals surface area (Å²) in [5.41, 5.74) is -6.73. The maximum atomic E-state index is 14.0. The third-order valence-electron chi connectivity index (χ3n) is 8.55. The molecule has 55 heavy (non-hydrogen) atoms. The van der Waals surface area contributed by atoms with Crippen LogP contribution in [0.4, 0.5) is 54.8 Å². The molecule has 0 radical (unpaired) electrons. The molecule has 2 amide bonds. The molecule has 4 N–H and O–H groups in total. The summed E-state index contributed by atoms with van der Waals surface area (Å²) >= 11 is 0. The van der Waals surface area contributed by atoms with E-state index in [4.69, 9.17) is 18.9 Å². The zero-order valence-electron chi connectivity index (χ0n) is 28.2. The van der Waals surface area contributed by atoms with Gasteiger partial charge in [-0.25, -0.2) is 14.4 Å². The van der Waals surface area contributed by atoms with Gasteiger partial charge in [-0.2, -0.15) is 39.5 Å². The van der Waals surface area contributed by atoms with Gasteiger partial charge in [0, 0.05) is 6.54 Å². The second-order valence-corrected chi connectivity index (χ2v) is 12.2. The Balaban J connectivity index is 1.84. The molecule has 2 heterocycles. The second kappa shape index (κ2) is 16.1. The Hall–Kier alpha value is -4.87. The molecule has 7 atom stereocenters. The number of carboxylic acid groups (broad SMARTS) is 1. The Morgan fingerprint density at radius 1 is 0.855 bits per heavy atom. The van der Waals surface area contributed by atoms with Gasteiger partial charge in [0.25, 0.3) is 0 Å². The molecule has 0 spiro atoms. The van der Waals surface area contributed by atoms with Crippen LogP contribution in [0.3, 0.4) is 0 Å². The van der Waals surface area contributed by atoms with Crippen LogP contribution < -0.4 is 4.90 Å². The molecule has 0 saturated carbocycles. The van der Waals surface area contributed by atoms with Crippen molar-refractivity contribution in [3.8, 4) is 0 Å². The summed E-state index contributed by atoms with van der Waals surface area (Å²) in [6.07, 6.45) is -31.4. The molecule has 23 heteroatoms. The third kappa shape index (κ3) is 9.51. The molecule has 4 rings (SSSR count). The van der Waals surface area contributed by atoms with E-state index in [9.17, 15) is 79.1 Å². The Labute approximate surface area is 303 Å². The van der Waals surface area contributed by atoms with Crippen molar-refractivity contribution in [2.75, 3.05) is 18.6 Å². The molecule has 304 valence electrons. The Kier molecular flexibility index (Phi) is 12.5. The van der Waals surface area contributed by atoms with Gasteiger partial charge in [0.15, 0.2) is 6.10 Å². The Morgan fingerprint density at radius 3 is 1.95 bits per heavy atom. The van der Waals surface area contributed by atoms with Crippen molar-refractivity contribution in [3.63, 3.8) is 0 Å². The van der Waals surface area contributed by atoms with Crippen LogP contribution in [0.25, 0.3) is 0 Å². The molecular formula is C32H31F9N2O12. The number of esters is 1. The number of carbonyl (C=O) groups is 4. The molecule has 2 aromatic rings. The molecule has 0 aliphatic carbocycles. The van der Waals surface area contributed by atoms with E-state index in [2.05, 4.69) is 0 Å². The van der Waals surface area contributed by atoms with E-state index in [1.165, 1.54) is 6.92 Å². The Bertz CT molecular complexity index is 1740. The highest BCUT2D eigenvalue weighted by atomic mass is 19.4. The van der Waals surface area contributed by atoms with Crippen LogP contribution in [0.1, 0.15) is 53.6 Å². The van der Waals surface area contributed by atoms with Crippen molar-refractivity contribution in [1.29, 1.82) is 0 Å². The van der Waals surface area contributed by atoms with Crippen molar-refractivity contribution in [2.24, 2.45) is 0 Å². The molecule has 0 aromatic heterocycles. The summed E-state index contributed by atoms with van der Waals surface area (Å²) in [6, 6.07) is -1.38. The van der Waals surface area contributed by atoms with Gasteiger partial charge in [-0.3, -0.25) is 14.6 Å². The summed E-state index contributed by atoms with van der Waals surface area (Å²) in [7, 11) is 0.753. The molecule has 0 bridgehead atoms. The van der Waals surface area contributed by atoms with Crippen molar-refractivity contribution < 1.29 is 98.1 Å². The van der Waals surface area contributed by atoms with Crippen LogP contribution in [0.2, 0.25) is 0 Å². The van der Waals surface area contributed by atoms with Crippen LogP contribution in [0.15, 0.2) is 36.4 Å². The van der Waals surface area contributed by atoms with Gasteiger partial charge in [0.2, 0.25) is 6.29 Å². The van der Waals surface area contributed by atoms with E-state index < -0.39 is 138 Å². The molecular weight excluding hydrogens is 775 g/mol. The minimum atomic E-state index is -5.33. The first-order chi connectivity index (χ1) is 25.4. The number of fused-ring (bicyclic) bond motifs is 1. The minimum Gasteiger partial charge on any atom is -0.479 e. The highest BCUT2D eigenvalue weighted by Gasteiger charge is 2.50. The third-order valence-corrected chi connectivity index (χ3v) is 8.55. The van der Waals surface area contributed by atoms with Gasteiger partial charge in [0.1, 0.15) is 18.3 Å². The molecule has 14 nitrogen and oxygen atoms in total. The average Bonchev–Trinajstić information content (AvgIpc) is 3.08. The van der Waals surface area contributed by atoms with Crippen LogP contribution >= 0.6 is 0 Å². The minimum absolute atomic E-state index is 0.193. The summed E-state index contributed by atoms with van der Waals surface area (Å²) < 4.78 is 144. The highest BCUT2D eigenvalue weighted by molar-refractivity contribution is 5.91. The molecule has 2 aliphatic heterocycles. The number of aliphatic hydroxyl groups excluding tert-OH is 3. The topological polar surface area (TPSA) is 193 Å². The van der Waals surface area contributed by atoms with Crippen LogP contribution in [-0.2, 0) is 53.6 Å². The van der Waals surface area contributed by atoms with Crippen molar-refractivity contribution >= 4 is 29.8 Å². The number of aliphatic carboxylic acids is 1. The smallest absolute Gasteiger partial charge is 0.416 e. The number of carbonyl (C=O) groups excluding carboxylic acids is 3. The predicted octanol–water partition coefficient (Wildman–Crippen LogP) is 4.61. The number of nitrogens with zero attached hydrogens (tertiary/aromatic N) is 2. The number of alkyl halides is 9. The number of carboxylic acids is 1. The number of anilines is 1. The molecule has 7 unspecified atom stereocenters. The first-order valence-corrected chi connectivity index (χ1v) is 15.8. The fourth-order valence-corrected chi connectivity index (χ4v) is 6.06. The number of rotatable bonds is 8. The quantitative estimate of drug-likeness (QED) is 0.165. The average molecular weight is 807 g/mol. The summed E-state index contributed by atoms with van der Waals surface area (Å²) in [4.78, 5) is 52.5. The number of hydrogen-bond acceptors (Lipinski definition) is 11. The van der Waals surface area contributed by atoms with Gasteiger partial charge < -0.3 is 39.4 Å². The standard InChI is InChI=1S/C32H31F9N2O12/c1-3-53-29(51)43-17(11-21(44)54-27-24(47)22(45)23(46)25(55-27)26(48)49)10-20(18-9-14(30(33,34)35)4-5-19(18)43)42(28(50)52-2)12-13-6-15(31(36,37)38)8-16(7-13)32(39,40)41/h4-9,17,20,22-25,27,45-47H,3,10-12H2,1-2H3,(H,48,49). The maximum Gasteiger partial charge on any atom is 0.416 e. The van der Waals surface area contributed by atoms with E-state index >= 15 is 0 Å². The normalized spacial score (nSPS) is 24.4. The number of hydrogen-bond donors (Lipinski definition) is 4. The van der Waals surface area contributed by atoms with Gasteiger partial charge in [-0.1, -0.05) is 0 Å². The zero-order valence-corrected chi connectivity index (χ0v) is 28.2. The SMILES string of the molecule is CCOC(=O)N1c2ccc(C(F)(F)F)cc2C(N(Cc2cc(C(F)(F)F)cc(C(F)(F)F)c2)C(=O)OC)CC1CC(=O)OC1OC(C(=O)O)C(O)C(O)C1O. The number of methoxy groups -OCH3 is 1. The number of ether oxygens (including phenoxy) is 4. The Morgan fingerprint density at radius 2 is 1.44 bits per heavy atom. The number of benzene rings is 2. The zero-order chi connectivity index (χ0) is 41.4. The van der Waals surface area contributed by atoms with E-state index in [1.54, 1.807) is 0 Å². The maximum absolute atomic E-state index is 14.0. The molecule has 2 aliphatic rings. The van der Waals surface area contributed by atoms with Crippen molar-refractivity contribution in [3.05, 3.63) is 64.2 Å². The van der Waals surface area contributed by atoms with Gasteiger partial charge in [0.05, 0.1) is 54.6 Å². The molecule has 1 saturated heterocycles. The lowest BCUT2D eigenvalue weighted by molar-refractivity contribution is -0.286. The predicted molar refractivity (Wildman–Crippen MR) is 162 cm³/mol. The molecule has 2 aromatic carbocycles. The first-order valence-electron chi connectivity index (χ1n) is 15.8. The fraction of sp³-hybridized carbons (Fsp3) is 0.500. The second-order valence-electron chi connectivity index (χ2n) is 12.2. The first kappa shape index (κ1) is 42.9. The number of amides is 2. The van der Waals surface area contributed by atoms with Gasteiger partial charge in [-0.15, -0.1) is 0 Å². The number of aliphatic hydroxyl groups is 3.